The summed E-state index contributed by atoms with van der Waals surface area (Å²) in [6, 6.07) is 0. The average Bonchev–Trinajstić information content (AvgIpc) is 2.52. The third-order valence-electron chi connectivity index (χ3n) is 3.28. The summed E-state index contributed by atoms with van der Waals surface area (Å²) < 4.78 is 0. The predicted octanol–water partition coefficient (Wildman–Crippen LogP) is 2.20. The first-order valence-corrected chi connectivity index (χ1v) is 7.23. The lowest BCUT2D eigenvalue weighted by Gasteiger charge is -2.21. The summed E-state index contributed by atoms with van der Waals surface area (Å²) in [7, 11) is 0. The molecule has 1 rings (SSSR count). The van der Waals surface area contributed by atoms with Crippen LogP contribution in [0.3, 0.4) is 0 Å². The Labute approximate surface area is 110 Å². The lowest BCUT2D eigenvalue weighted by atomic mass is 10.1. The van der Waals surface area contributed by atoms with E-state index in [1.165, 1.54) is 0 Å². The smallest absolute Gasteiger partial charge is 0.222 e. The SMILES string of the molecule is CC(C)CCC(=O)N1CCCN(CCCl)CC1. The molecule has 0 N–H and O–H groups in total. The number of alkyl halides is 1. The highest BCUT2D eigenvalue weighted by Gasteiger charge is 2.18. The molecule has 0 aromatic heterocycles. The second-order valence-electron chi connectivity index (χ2n) is 5.20. The van der Waals surface area contributed by atoms with Gasteiger partial charge in [-0.25, -0.2) is 0 Å². The van der Waals surface area contributed by atoms with Gasteiger partial charge in [-0.1, -0.05) is 13.8 Å². The second kappa shape index (κ2) is 7.93. The summed E-state index contributed by atoms with van der Waals surface area (Å²) in [5.41, 5.74) is 0. The third kappa shape index (κ3) is 5.73. The Kier molecular flexibility index (Phi) is 6.90. The van der Waals surface area contributed by atoms with Crippen LogP contribution in [0.4, 0.5) is 0 Å². The van der Waals surface area contributed by atoms with Gasteiger partial charge in [-0.3, -0.25) is 4.79 Å². The Bertz CT molecular complexity index is 233. The molecule has 1 aliphatic heterocycles. The summed E-state index contributed by atoms with van der Waals surface area (Å²) in [6.07, 6.45) is 2.78. The van der Waals surface area contributed by atoms with Crippen LogP contribution in [0, 0.1) is 5.92 Å². The number of rotatable bonds is 5. The first kappa shape index (κ1) is 14.8. The van der Waals surface area contributed by atoms with Gasteiger partial charge in [0.25, 0.3) is 0 Å². The maximum Gasteiger partial charge on any atom is 0.222 e. The highest BCUT2D eigenvalue weighted by atomic mass is 35.5. The van der Waals surface area contributed by atoms with Crippen molar-refractivity contribution in [2.75, 3.05) is 38.6 Å². The van der Waals surface area contributed by atoms with Crippen molar-refractivity contribution in [2.45, 2.75) is 33.1 Å². The van der Waals surface area contributed by atoms with Gasteiger partial charge in [0.1, 0.15) is 0 Å². The van der Waals surface area contributed by atoms with E-state index in [1.807, 2.05) is 4.90 Å². The maximum atomic E-state index is 12.0. The molecule has 0 radical (unpaired) electrons. The van der Waals surface area contributed by atoms with Gasteiger partial charge in [-0.05, 0) is 25.3 Å². The van der Waals surface area contributed by atoms with Crippen LogP contribution in [0.15, 0.2) is 0 Å². The quantitative estimate of drug-likeness (QED) is 0.708. The summed E-state index contributed by atoms with van der Waals surface area (Å²) in [5, 5.41) is 0. The van der Waals surface area contributed by atoms with Crippen LogP contribution in [-0.2, 0) is 4.79 Å². The normalized spacial score (nSPS) is 18.5. The Morgan fingerprint density at radius 2 is 2.00 bits per heavy atom. The van der Waals surface area contributed by atoms with Gasteiger partial charge in [-0.15, -0.1) is 11.6 Å². The average molecular weight is 261 g/mol. The minimum Gasteiger partial charge on any atom is -0.341 e. The lowest BCUT2D eigenvalue weighted by Crippen LogP contribution is -2.35. The fourth-order valence-electron chi connectivity index (χ4n) is 2.13. The molecule has 0 saturated carbocycles. The largest absolute Gasteiger partial charge is 0.341 e. The van der Waals surface area contributed by atoms with E-state index in [0.717, 1.165) is 45.6 Å². The molecule has 1 heterocycles. The van der Waals surface area contributed by atoms with Gasteiger partial charge < -0.3 is 9.80 Å². The van der Waals surface area contributed by atoms with Crippen molar-refractivity contribution in [3.05, 3.63) is 0 Å². The monoisotopic (exact) mass is 260 g/mol. The van der Waals surface area contributed by atoms with Crippen LogP contribution < -0.4 is 0 Å². The summed E-state index contributed by atoms with van der Waals surface area (Å²) in [5.74, 6) is 1.62. The molecule has 0 aliphatic carbocycles. The van der Waals surface area contributed by atoms with Crippen LogP contribution in [-0.4, -0.2) is 54.3 Å². The first-order valence-electron chi connectivity index (χ1n) is 6.69. The number of carbonyl (C=O) groups is 1. The molecule has 0 atom stereocenters. The minimum atomic E-state index is 0.325. The van der Waals surface area contributed by atoms with Gasteiger partial charge in [0.2, 0.25) is 5.91 Å². The number of carbonyl (C=O) groups excluding carboxylic acids is 1. The zero-order valence-electron chi connectivity index (χ0n) is 11.1. The third-order valence-corrected chi connectivity index (χ3v) is 3.45. The Morgan fingerprint density at radius 3 is 2.65 bits per heavy atom. The number of amides is 1. The van der Waals surface area contributed by atoms with Crippen molar-refractivity contribution >= 4 is 17.5 Å². The van der Waals surface area contributed by atoms with Crippen molar-refractivity contribution in [1.29, 1.82) is 0 Å². The van der Waals surface area contributed by atoms with Gasteiger partial charge >= 0.3 is 0 Å². The van der Waals surface area contributed by atoms with E-state index in [4.69, 9.17) is 11.6 Å². The fourth-order valence-corrected chi connectivity index (χ4v) is 2.37. The molecule has 0 spiro atoms. The maximum absolute atomic E-state index is 12.0. The Morgan fingerprint density at radius 1 is 1.24 bits per heavy atom. The molecule has 4 heteroatoms. The fraction of sp³-hybridized carbons (Fsp3) is 0.923. The molecule has 0 unspecified atom stereocenters. The van der Waals surface area contributed by atoms with Crippen LogP contribution in [0.5, 0.6) is 0 Å². The zero-order chi connectivity index (χ0) is 12.7. The van der Waals surface area contributed by atoms with Crippen molar-refractivity contribution in [1.82, 2.24) is 9.80 Å². The van der Waals surface area contributed by atoms with Crippen molar-refractivity contribution in [3.8, 4) is 0 Å². The van der Waals surface area contributed by atoms with Crippen LogP contribution >= 0.6 is 11.6 Å². The lowest BCUT2D eigenvalue weighted by molar-refractivity contribution is -0.131. The highest BCUT2D eigenvalue weighted by molar-refractivity contribution is 6.18. The topological polar surface area (TPSA) is 23.6 Å². The van der Waals surface area contributed by atoms with Gasteiger partial charge in [0, 0.05) is 38.5 Å². The van der Waals surface area contributed by atoms with E-state index in [9.17, 15) is 4.79 Å². The van der Waals surface area contributed by atoms with Crippen LogP contribution in [0.2, 0.25) is 0 Å². The number of halogens is 1. The molecule has 1 fully saturated rings. The van der Waals surface area contributed by atoms with E-state index >= 15 is 0 Å². The van der Waals surface area contributed by atoms with Gasteiger partial charge in [0.05, 0.1) is 0 Å². The molecule has 1 saturated heterocycles. The van der Waals surface area contributed by atoms with Crippen LogP contribution in [0.1, 0.15) is 33.1 Å². The molecule has 3 nitrogen and oxygen atoms in total. The van der Waals surface area contributed by atoms with E-state index in [-0.39, 0.29) is 0 Å². The predicted molar refractivity (Wildman–Crippen MR) is 72.4 cm³/mol. The minimum absolute atomic E-state index is 0.325. The molecule has 0 aromatic carbocycles. The number of hydrogen-bond donors (Lipinski definition) is 0. The summed E-state index contributed by atoms with van der Waals surface area (Å²) in [4.78, 5) is 16.4. The Hall–Kier alpha value is -0.280. The molecule has 100 valence electrons. The summed E-state index contributed by atoms with van der Waals surface area (Å²) in [6.45, 7) is 9.09. The number of hydrogen-bond acceptors (Lipinski definition) is 2. The standard InChI is InChI=1S/C13H25ClN2O/c1-12(2)4-5-13(17)16-8-3-7-15(9-6-14)10-11-16/h12H,3-11H2,1-2H3. The first-order chi connectivity index (χ1) is 8.13. The van der Waals surface area contributed by atoms with E-state index < -0.39 is 0 Å². The molecule has 17 heavy (non-hydrogen) atoms. The van der Waals surface area contributed by atoms with E-state index in [2.05, 4.69) is 18.7 Å². The van der Waals surface area contributed by atoms with Gasteiger partial charge in [-0.2, -0.15) is 0 Å². The molecule has 1 aliphatic rings. The number of nitrogens with zero attached hydrogens (tertiary/aromatic N) is 2. The van der Waals surface area contributed by atoms with E-state index in [0.29, 0.717) is 24.1 Å². The van der Waals surface area contributed by atoms with Crippen molar-refractivity contribution in [3.63, 3.8) is 0 Å². The zero-order valence-corrected chi connectivity index (χ0v) is 11.9. The molecule has 0 aromatic rings. The molecular weight excluding hydrogens is 236 g/mol. The van der Waals surface area contributed by atoms with Gasteiger partial charge in [0.15, 0.2) is 0 Å². The molecule has 1 amide bonds. The molecular formula is C13H25ClN2O. The second-order valence-corrected chi connectivity index (χ2v) is 5.58. The molecule has 0 bridgehead atoms. The van der Waals surface area contributed by atoms with Crippen molar-refractivity contribution in [2.24, 2.45) is 5.92 Å². The summed E-state index contributed by atoms with van der Waals surface area (Å²) >= 11 is 5.75. The van der Waals surface area contributed by atoms with E-state index in [1.54, 1.807) is 0 Å². The van der Waals surface area contributed by atoms with Crippen molar-refractivity contribution < 1.29 is 4.79 Å². The highest BCUT2D eigenvalue weighted by Crippen LogP contribution is 2.09. The van der Waals surface area contributed by atoms with Crippen LogP contribution in [0.25, 0.3) is 0 Å². The Balaban J connectivity index is 2.32.